The standard InChI is InChI=1S/C22H28F2N2O2/c1-16-11-20(12-17(2)21(16)28-22(23)24)14-25-13-18-3-5-19(6-4-18)15-26-7-9-27-10-8-26/h3-6,11-12,22,25H,7-10,13-15H2,1-2H3. The van der Waals surface area contributed by atoms with Crippen LogP contribution in [0.2, 0.25) is 0 Å². The van der Waals surface area contributed by atoms with Crippen LogP contribution in [0.4, 0.5) is 8.78 Å². The Balaban J connectivity index is 1.49. The molecule has 0 amide bonds. The van der Waals surface area contributed by atoms with Crippen LogP contribution in [0.5, 0.6) is 5.75 Å². The predicted octanol–water partition coefficient (Wildman–Crippen LogP) is 4.03. The van der Waals surface area contributed by atoms with Crippen molar-refractivity contribution in [3.8, 4) is 5.75 Å². The molecule has 6 heteroatoms. The second-order valence-corrected chi connectivity index (χ2v) is 7.25. The smallest absolute Gasteiger partial charge is 0.387 e. The molecule has 0 spiro atoms. The Morgan fingerprint density at radius 3 is 2.14 bits per heavy atom. The number of alkyl halides is 2. The van der Waals surface area contributed by atoms with Gasteiger partial charge in [0.25, 0.3) is 0 Å². The van der Waals surface area contributed by atoms with Crippen LogP contribution in [0.1, 0.15) is 27.8 Å². The van der Waals surface area contributed by atoms with Crippen LogP contribution in [0.3, 0.4) is 0 Å². The van der Waals surface area contributed by atoms with Gasteiger partial charge in [-0.05, 0) is 41.7 Å². The van der Waals surface area contributed by atoms with Gasteiger partial charge in [0, 0.05) is 32.7 Å². The van der Waals surface area contributed by atoms with Gasteiger partial charge in [0.1, 0.15) is 5.75 Å². The van der Waals surface area contributed by atoms with Crippen LogP contribution in [0.25, 0.3) is 0 Å². The van der Waals surface area contributed by atoms with Crippen molar-refractivity contribution < 1.29 is 18.3 Å². The lowest BCUT2D eigenvalue weighted by atomic mass is 10.1. The number of nitrogens with zero attached hydrogens (tertiary/aromatic N) is 1. The first-order chi connectivity index (χ1) is 13.5. The highest BCUT2D eigenvalue weighted by molar-refractivity contribution is 5.43. The van der Waals surface area contributed by atoms with Crippen molar-refractivity contribution in [2.75, 3.05) is 26.3 Å². The van der Waals surface area contributed by atoms with Gasteiger partial charge in [-0.2, -0.15) is 8.78 Å². The van der Waals surface area contributed by atoms with Crippen LogP contribution >= 0.6 is 0 Å². The van der Waals surface area contributed by atoms with Gasteiger partial charge in [0.2, 0.25) is 0 Å². The number of hydrogen-bond acceptors (Lipinski definition) is 4. The lowest BCUT2D eigenvalue weighted by Crippen LogP contribution is -2.35. The van der Waals surface area contributed by atoms with Crippen molar-refractivity contribution in [2.24, 2.45) is 0 Å². The third-order valence-electron chi connectivity index (χ3n) is 4.92. The summed E-state index contributed by atoms with van der Waals surface area (Å²) in [6, 6.07) is 12.4. The maximum atomic E-state index is 12.5. The number of morpholine rings is 1. The zero-order chi connectivity index (χ0) is 19.9. The monoisotopic (exact) mass is 390 g/mol. The number of hydrogen-bond donors (Lipinski definition) is 1. The Morgan fingerprint density at radius 1 is 0.964 bits per heavy atom. The molecule has 0 unspecified atom stereocenters. The van der Waals surface area contributed by atoms with E-state index in [0.717, 1.165) is 56.1 Å². The highest BCUT2D eigenvalue weighted by Gasteiger charge is 2.12. The molecular formula is C22H28F2N2O2. The molecule has 28 heavy (non-hydrogen) atoms. The lowest BCUT2D eigenvalue weighted by molar-refractivity contribution is -0.0507. The van der Waals surface area contributed by atoms with Crippen LogP contribution in [-0.2, 0) is 24.4 Å². The molecule has 0 atom stereocenters. The van der Waals surface area contributed by atoms with Crippen molar-refractivity contribution in [1.82, 2.24) is 10.2 Å². The first-order valence-corrected chi connectivity index (χ1v) is 9.65. The third kappa shape index (κ3) is 5.99. The second kappa shape index (κ2) is 9.96. The molecule has 3 rings (SSSR count). The van der Waals surface area contributed by atoms with E-state index in [1.165, 1.54) is 11.1 Å². The Kier molecular flexibility index (Phi) is 7.36. The zero-order valence-corrected chi connectivity index (χ0v) is 16.5. The van der Waals surface area contributed by atoms with Gasteiger partial charge in [-0.15, -0.1) is 0 Å². The molecule has 2 aromatic rings. The Hall–Kier alpha value is -2.02. The van der Waals surface area contributed by atoms with E-state index in [9.17, 15) is 8.78 Å². The summed E-state index contributed by atoms with van der Waals surface area (Å²) >= 11 is 0. The molecule has 1 fully saturated rings. The van der Waals surface area contributed by atoms with Gasteiger partial charge < -0.3 is 14.8 Å². The van der Waals surface area contributed by atoms with E-state index in [4.69, 9.17) is 4.74 Å². The number of nitrogens with one attached hydrogen (secondary N) is 1. The van der Waals surface area contributed by atoms with Crippen molar-refractivity contribution in [2.45, 2.75) is 40.1 Å². The van der Waals surface area contributed by atoms with Crippen molar-refractivity contribution in [3.63, 3.8) is 0 Å². The molecule has 1 aliphatic heterocycles. The molecule has 0 saturated carbocycles. The topological polar surface area (TPSA) is 33.7 Å². The molecule has 0 aliphatic carbocycles. The van der Waals surface area contributed by atoms with Gasteiger partial charge >= 0.3 is 6.61 Å². The summed E-state index contributed by atoms with van der Waals surface area (Å²) in [6.07, 6.45) is 0. The second-order valence-electron chi connectivity index (χ2n) is 7.25. The molecule has 0 radical (unpaired) electrons. The minimum absolute atomic E-state index is 0.273. The third-order valence-corrected chi connectivity index (χ3v) is 4.92. The van der Waals surface area contributed by atoms with Crippen molar-refractivity contribution in [1.29, 1.82) is 0 Å². The normalized spacial score (nSPS) is 15.2. The molecule has 2 aromatic carbocycles. The van der Waals surface area contributed by atoms with E-state index in [0.29, 0.717) is 6.54 Å². The zero-order valence-electron chi connectivity index (χ0n) is 16.5. The SMILES string of the molecule is Cc1cc(CNCc2ccc(CN3CCOCC3)cc2)cc(C)c1OC(F)F. The first-order valence-electron chi connectivity index (χ1n) is 9.65. The number of rotatable bonds is 8. The van der Waals surface area contributed by atoms with E-state index in [2.05, 4.69) is 39.2 Å². The molecule has 0 bridgehead atoms. The molecule has 1 N–H and O–H groups in total. The van der Waals surface area contributed by atoms with Gasteiger partial charge in [-0.3, -0.25) is 4.90 Å². The van der Waals surface area contributed by atoms with Crippen molar-refractivity contribution in [3.05, 3.63) is 64.2 Å². The Bertz CT molecular complexity index is 737. The average molecular weight is 390 g/mol. The quantitative estimate of drug-likeness (QED) is 0.738. The Morgan fingerprint density at radius 2 is 1.54 bits per heavy atom. The summed E-state index contributed by atoms with van der Waals surface area (Å²) < 4.78 is 35.0. The van der Waals surface area contributed by atoms with Gasteiger partial charge in [-0.25, -0.2) is 0 Å². The first kappa shape index (κ1) is 20.7. The van der Waals surface area contributed by atoms with Gasteiger partial charge in [0.05, 0.1) is 13.2 Å². The predicted molar refractivity (Wildman–Crippen MR) is 106 cm³/mol. The highest BCUT2D eigenvalue weighted by Crippen LogP contribution is 2.26. The van der Waals surface area contributed by atoms with E-state index >= 15 is 0 Å². The van der Waals surface area contributed by atoms with Crippen LogP contribution in [-0.4, -0.2) is 37.8 Å². The fourth-order valence-corrected chi connectivity index (χ4v) is 3.55. The summed E-state index contributed by atoms with van der Waals surface area (Å²) in [5, 5.41) is 3.42. The molecule has 0 aromatic heterocycles. The van der Waals surface area contributed by atoms with E-state index in [1.807, 2.05) is 12.1 Å². The summed E-state index contributed by atoms with van der Waals surface area (Å²) in [6.45, 7) is 6.79. The summed E-state index contributed by atoms with van der Waals surface area (Å²) in [5.41, 5.74) is 5.04. The van der Waals surface area contributed by atoms with Crippen LogP contribution in [0.15, 0.2) is 36.4 Å². The van der Waals surface area contributed by atoms with Gasteiger partial charge in [-0.1, -0.05) is 36.4 Å². The average Bonchev–Trinajstić information content (AvgIpc) is 2.67. The number of halogens is 2. The fourth-order valence-electron chi connectivity index (χ4n) is 3.55. The number of benzene rings is 2. The van der Waals surface area contributed by atoms with E-state index in [-0.39, 0.29) is 5.75 Å². The minimum Gasteiger partial charge on any atom is -0.434 e. The highest BCUT2D eigenvalue weighted by atomic mass is 19.3. The summed E-state index contributed by atoms with van der Waals surface area (Å²) in [4.78, 5) is 2.41. The van der Waals surface area contributed by atoms with E-state index < -0.39 is 6.61 Å². The molecule has 152 valence electrons. The maximum absolute atomic E-state index is 12.5. The number of ether oxygens (including phenoxy) is 2. The molecule has 1 heterocycles. The molecular weight excluding hydrogens is 362 g/mol. The van der Waals surface area contributed by atoms with Crippen LogP contribution < -0.4 is 10.1 Å². The number of aryl methyl sites for hydroxylation is 2. The van der Waals surface area contributed by atoms with Crippen LogP contribution in [0, 0.1) is 13.8 Å². The summed E-state index contributed by atoms with van der Waals surface area (Å²) in [7, 11) is 0. The van der Waals surface area contributed by atoms with E-state index in [1.54, 1.807) is 13.8 Å². The minimum atomic E-state index is -2.80. The lowest BCUT2D eigenvalue weighted by Gasteiger charge is -2.26. The largest absolute Gasteiger partial charge is 0.434 e. The van der Waals surface area contributed by atoms with Crippen molar-refractivity contribution >= 4 is 0 Å². The maximum Gasteiger partial charge on any atom is 0.387 e. The molecule has 1 saturated heterocycles. The molecule has 1 aliphatic rings. The van der Waals surface area contributed by atoms with Gasteiger partial charge in [0.15, 0.2) is 0 Å². The summed E-state index contributed by atoms with van der Waals surface area (Å²) in [5.74, 6) is 0.273. The molecule has 4 nitrogen and oxygen atoms in total. The Labute approximate surface area is 165 Å². The fraction of sp³-hybridized carbons (Fsp3) is 0.455.